The zero-order chi connectivity index (χ0) is 25.2. The molecule has 0 radical (unpaired) electrons. The Morgan fingerprint density at radius 1 is 0.971 bits per heavy atom. The lowest BCUT2D eigenvalue weighted by molar-refractivity contribution is 0.0935. The first-order valence-corrected chi connectivity index (χ1v) is 12.5. The van der Waals surface area contributed by atoms with Crippen molar-refractivity contribution in [3.63, 3.8) is 0 Å². The second-order valence-corrected chi connectivity index (χ2v) is 11.0. The summed E-state index contributed by atoms with van der Waals surface area (Å²) in [4.78, 5) is 43.0. The van der Waals surface area contributed by atoms with Crippen molar-refractivity contribution in [2.24, 2.45) is 5.41 Å². The van der Waals surface area contributed by atoms with Gasteiger partial charge in [-0.3, -0.25) is 19.7 Å². The number of hydrogen-bond donors (Lipinski definition) is 3. The molecule has 3 aromatic rings. The van der Waals surface area contributed by atoms with Gasteiger partial charge in [-0.1, -0.05) is 32.9 Å². The molecule has 2 aromatic carbocycles. The Hall–Kier alpha value is -3.52. The van der Waals surface area contributed by atoms with Crippen LogP contribution in [-0.4, -0.2) is 35.3 Å². The summed E-state index contributed by atoms with van der Waals surface area (Å²) in [6.45, 7) is 8.56. The van der Waals surface area contributed by atoms with Crippen molar-refractivity contribution in [1.29, 1.82) is 0 Å². The summed E-state index contributed by atoms with van der Waals surface area (Å²) < 4.78 is 0. The number of aromatic nitrogens is 1. The van der Waals surface area contributed by atoms with Crippen molar-refractivity contribution in [3.05, 3.63) is 70.2 Å². The van der Waals surface area contributed by atoms with Gasteiger partial charge in [-0.2, -0.15) is 0 Å². The average Bonchev–Trinajstić information content (AvgIpc) is 3.48. The molecule has 35 heavy (non-hydrogen) atoms. The molecule has 0 aliphatic heterocycles. The summed E-state index contributed by atoms with van der Waals surface area (Å²) in [5.74, 6) is -0.738. The SMILES string of the molecule is Cc1ccc(C(=O)NC2CC2)cc1-c1ccc(C(=O)NCC(C)(C)C)cc1C(=O)Nc1nccs1. The molecule has 3 amide bonds. The molecule has 1 aromatic heterocycles. The molecule has 3 N–H and O–H groups in total. The van der Waals surface area contributed by atoms with Gasteiger partial charge in [0.15, 0.2) is 5.13 Å². The molecule has 182 valence electrons. The van der Waals surface area contributed by atoms with Crippen LogP contribution in [0.2, 0.25) is 0 Å². The molecule has 1 fully saturated rings. The highest BCUT2D eigenvalue weighted by Crippen LogP contribution is 2.30. The fraction of sp³-hybridized carbons (Fsp3) is 0.333. The Kier molecular flexibility index (Phi) is 7.03. The number of anilines is 1. The van der Waals surface area contributed by atoms with E-state index in [0.29, 0.717) is 33.9 Å². The summed E-state index contributed by atoms with van der Waals surface area (Å²) in [6.07, 6.45) is 3.62. The van der Waals surface area contributed by atoms with Crippen LogP contribution >= 0.6 is 11.3 Å². The average molecular weight is 491 g/mol. The summed E-state index contributed by atoms with van der Waals surface area (Å²) in [5.41, 5.74) is 3.52. The van der Waals surface area contributed by atoms with Crippen LogP contribution in [-0.2, 0) is 0 Å². The van der Waals surface area contributed by atoms with Crippen molar-refractivity contribution in [3.8, 4) is 11.1 Å². The molecule has 4 rings (SSSR count). The fourth-order valence-corrected chi connectivity index (χ4v) is 4.08. The maximum absolute atomic E-state index is 13.3. The van der Waals surface area contributed by atoms with Crippen LogP contribution in [0.25, 0.3) is 11.1 Å². The minimum atomic E-state index is -0.368. The predicted molar refractivity (Wildman–Crippen MR) is 139 cm³/mol. The molecule has 1 aliphatic rings. The van der Waals surface area contributed by atoms with E-state index >= 15 is 0 Å². The standard InChI is InChI=1S/C27H30N4O3S/c1-16-5-6-18(24(33)30-19-8-9-19)13-21(16)20-10-7-17(23(32)29-15-27(2,3)4)14-22(20)25(34)31-26-28-11-12-35-26/h5-7,10-14,19H,8-9,15H2,1-4H3,(H,29,32)(H,30,33)(H,28,31,34). The van der Waals surface area contributed by atoms with E-state index in [0.717, 1.165) is 24.0 Å². The molecular formula is C27H30N4O3S. The van der Waals surface area contributed by atoms with E-state index in [-0.39, 0.29) is 29.2 Å². The van der Waals surface area contributed by atoms with Gasteiger partial charge in [0.1, 0.15) is 0 Å². The van der Waals surface area contributed by atoms with E-state index in [4.69, 9.17) is 0 Å². The summed E-state index contributed by atoms with van der Waals surface area (Å²) >= 11 is 1.31. The number of thiazole rings is 1. The summed E-state index contributed by atoms with van der Waals surface area (Å²) in [7, 11) is 0. The van der Waals surface area contributed by atoms with Gasteiger partial charge < -0.3 is 10.6 Å². The van der Waals surface area contributed by atoms with Crippen LogP contribution in [0.5, 0.6) is 0 Å². The highest BCUT2D eigenvalue weighted by atomic mass is 32.1. The number of benzene rings is 2. The highest BCUT2D eigenvalue weighted by Gasteiger charge is 2.25. The van der Waals surface area contributed by atoms with Crippen molar-refractivity contribution in [2.75, 3.05) is 11.9 Å². The Morgan fingerprint density at radius 2 is 1.69 bits per heavy atom. The minimum absolute atomic E-state index is 0.0702. The second kappa shape index (κ2) is 10.00. The molecule has 7 nitrogen and oxygen atoms in total. The number of nitrogens with zero attached hydrogens (tertiary/aromatic N) is 1. The van der Waals surface area contributed by atoms with Gasteiger partial charge in [0.25, 0.3) is 17.7 Å². The molecule has 0 spiro atoms. The molecule has 1 aliphatic carbocycles. The third kappa shape index (κ3) is 6.33. The van der Waals surface area contributed by atoms with Crippen molar-refractivity contribution >= 4 is 34.2 Å². The van der Waals surface area contributed by atoms with Gasteiger partial charge in [0.05, 0.1) is 0 Å². The number of aryl methyl sites for hydroxylation is 1. The second-order valence-electron chi connectivity index (χ2n) is 10.1. The highest BCUT2D eigenvalue weighted by molar-refractivity contribution is 7.13. The summed E-state index contributed by atoms with van der Waals surface area (Å²) in [5, 5.41) is 11.0. The smallest absolute Gasteiger partial charge is 0.258 e. The molecule has 1 heterocycles. The quantitative estimate of drug-likeness (QED) is 0.432. The van der Waals surface area contributed by atoms with Crippen LogP contribution in [0, 0.1) is 12.3 Å². The van der Waals surface area contributed by atoms with Gasteiger partial charge in [-0.15, -0.1) is 11.3 Å². The lowest BCUT2D eigenvalue weighted by Gasteiger charge is -2.19. The van der Waals surface area contributed by atoms with E-state index in [1.165, 1.54) is 11.3 Å². The molecule has 0 atom stereocenters. The Labute approximate surface area is 209 Å². The number of rotatable bonds is 7. The Morgan fingerprint density at radius 3 is 2.34 bits per heavy atom. The fourth-order valence-electron chi connectivity index (χ4n) is 3.56. The number of hydrogen-bond acceptors (Lipinski definition) is 5. The molecule has 1 saturated carbocycles. The lowest BCUT2D eigenvalue weighted by atomic mass is 9.92. The molecular weight excluding hydrogens is 460 g/mol. The first kappa shape index (κ1) is 24.6. The largest absolute Gasteiger partial charge is 0.352 e. The zero-order valence-corrected chi connectivity index (χ0v) is 21.2. The molecule has 0 bridgehead atoms. The maximum Gasteiger partial charge on any atom is 0.258 e. The zero-order valence-electron chi connectivity index (χ0n) is 20.4. The van der Waals surface area contributed by atoms with Crippen LogP contribution in [0.15, 0.2) is 48.0 Å². The normalized spacial score (nSPS) is 13.3. The van der Waals surface area contributed by atoms with Gasteiger partial charge in [0, 0.05) is 40.9 Å². The number of carbonyl (C=O) groups is 3. The minimum Gasteiger partial charge on any atom is -0.352 e. The van der Waals surface area contributed by atoms with Crippen LogP contribution in [0.4, 0.5) is 5.13 Å². The Balaban J connectivity index is 1.72. The van der Waals surface area contributed by atoms with Crippen molar-refractivity contribution in [1.82, 2.24) is 15.6 Å². The predicted octanol–water partition coefficient (Wildman–Crippen LogP) is 5.04. The van der Waals surface area contributed by atoms with Gasteiger partial charge in [-0.25, -0.2) is 4.98 Å². The molecule has 0 unspecified atom stereocenters. The number of amides is 3. The van der Waals surface area contributed by atoms with E-state index in [1.54, 1.807) is 35.8 Å². The third-order valence-electron chi connectivity index (χ3n) is 5.66. The Bertz CT molecular complexity index is 1260. The first-order valence-electron chi connectivity index (χ1n) is 11.7. The van der Waals surface area contributed by atoms with Crippen molar-refractivity contribution < 1.29 is 14.4 Å². The topological polar surface area (TPSA) is 100 Å². The van der Waals surface area contributed by atoms with Crippen LogP contribution in [0.3, 0.4) is 0 Å². The van der Waals surface area contributed by atoms with E-state index in [2.05, 4.69) is 20.9 Å². The van der Waals surface area contributed by atoms with E-state index in [1.807, 2.05) is 39.8 Å². The lowest BCUT2D eigenvalue weighted by Crippen LogP contribution is -2.32. The number of carbonyl (C=O) groups excluding carboxylic acids is 3. The summed E-state index contributed by atoms with van der Waals surface area (Å²) in [6, 6.07) is 10.8. The monoisotopic (exact) mass is 490 g/mol. The van der Waals surface area contributed by atoms with E-state index in [9.17, 15) is 14.4 Å². The van der Waals surface area contributed by atoms with Gasteiger partial charge in [0.2, 0.25) is 0 Å². The maximum atomic E-state index is 13.3. The third-order valence-corrected chi connectivity index (χ3v) is 6.35. The van der Waals surface area contributed by atoms with Crippen LogP contribution < -0.4 is 16.0 Å². The van der Waals surface area contributed by atoms with Gasteiger partial charge in [-0.05, 0) is 66.1 Å². The van der Waals surface area contributed by atoms with Gasteiger partial charge >= 0.3 is 0 Å². The molecule has 0 saturated heterocycles. The molecule has 8 heteroatoms. The van der Waals surface area contributed by atoms with Crippen LogP contribution in [0.1, 0.15) is 70.3 Å². The first-order chi connectivity index (χ1) is 16.6. The van der Waals surface area contributed by atoms with Crippen molar-refractivity contribution in [2.45, 2.75) is 46.6 Å². The number of nitrogens with one attached hydrogen (secondary N) is 3. The van der Waals surface area contributed by atoms with E-state index < -0.39 is 0 Å².